The monoisotopic (exact) mass is 238 g/mol. The number of imidazole rings is 1. The first kappa shape index (κ1) is 11.0. The van der Waals surface area contributed by atoms with Gasteiger partial charge in [0.1, 0.15) is 6.10 Å². The molecule has 0 bridgehead atoms. The van der Waals surface area contributed by atoms with Gasteiger partial charge in [0.2, 0.25) is 0 Å². The highest BCUT2D eigenvalue weighted by molar-refractivity contribution is 5.83. The molecule has 1 N–H and O–H groups in total. The molecular formula is C15H14N2O. The average molecular weight is 238 g/mol. The average Bonchev–Trinajstić information content (AvgIpc) is 2.84. The minimum absolute atomic E-state index is 0.671. The Morgan fingerprint density at radius 1 is 1.11 bits per heavy atom. The molecule has 1 atom stereocenters. The van der Waals surface area contributed by atoms with Gasteiger partial charge < -0.3 is 9.67 Å². The summed E-state index contributed by atoms with van der Waals surface area (Å²) in [6, 6.07) is 14.1. The summed E-state index contributed by atoms with van der Waals surface area (Å²) >= 11 is 0. The first-order valence-electron chi connectivity index (χ1n) is 5.89. The van der Waals surface area contributed by atoms with Crippen molar-refractivity contribution in [3.63, 3.8) is 0 Å². The Balaban J connectivity index is 2.03. The second kappa shape index (κ2) is 4.27. The van der Waals surface area contributed by atoms with Gasteiger partial charge in [-0.05, 0) is 22.4 Å². The van der Waals surface area contributed by atoms with Crippen LogP contribution in [0.4, 0.5) is 0 Å². The number of aliphatic hydroxyl groups is 1. The highest BCUT2D eigenvalue weighted by atomic mass is 16.3. The molecule has 0 aliphatic rings. The molecule has 90 valence electrons. The van der Waals surface area contributed by atoms with Crippen LogP contribution in [0.3, 0.4) is 0 Å². The first-order valence-corrected chi connectivity index (χ1v) is 5.89. The largest absolute Gasteiger partial charge is 0.382 e. The number of fused-ring (bicyclic) bond motifs is 1. The lowest BCUT2D eigenvalue weighted by Gasteiger charge is -2.09. The molecule has 0 spiro atoms. The first-order chi connectivity index (χ1) is 8.74. The number of benzene rings is 2. The summed E-state index contributed by atoms with van der Waals surface area (Å²) in [5.74, 6) is 0. The van der Waals surface area contributed by atoms with Gasteiger partial charge in [0, 0.05) is 13.2 Å². The Labute approximate surface area is 105 Å². The molecule has 1 aromatic heterocycles. The molecule has 0 saturated heterocycles. The highest BCUT2D eigenvalue weighted by Crippen LogP contribution is 2.24. The van der Waals surface area contributed by atoms with Gasteiger partial charge in [0.15, 0.2) is 0 Å². The van der Waals surface area contributed by atoms with Crippen LogP contribution in [-0.2, 0) is 7.05 Å². The number of hydrogen-bond donors (Lipinski definition) is 1. The maximum atomic E-state index is 10.3. The summed E-state index contributed by atoms with van der Waals surface area (Å²) in [4.78, 5) is 4.19. The lowest BCUT2D eigenvalue weighted by atomic mass is 10.0. The van der Waals surface area contributed by atoms with E-state index in [1.54, 1.807) is 6.33 Å². The van der Waals surface area contributed by atoms with E-state index in [1.807, 2.05) is 54.2 Å². The van der Waals surface area contributed by atoms with Gasteiger partial charge in [-0.25, -0.2) is 4.98 Å². The van der Waals surface area contributed by atoms with Crippen LogP contribution in [0.2, 0.25) is 0 Å². The van der Waals surface area contributed by atoms with E-state index in [4.69, 9.17) is 0 Å². The number of nitrogens with zero attached hydrogens (tertiary/aromatic N) is 2. The van der Waals surface area contributed by atoms with Gasteiger partial charge in [-0.2, -0.15) is 0 Å². The Bertz CT molecular complexity index is 688. The molecule has 3 aromatic rings. The Morgan fingerprint density at radius 3 is 2.61 bits per heavy atom. The molecule has 3 rings (SSSR count). The zero-order chi connectivity index (χ0) is 12.5. The fraction of sp³-hybridized carbons (Fsp3) is 0.133. The van der Waals surface area contributed by atoms with Crippen LogP contribution in [0.1, 0.15) is 17.4 Å². The van der Waals surface area contributed by atoms with Gasteiger partial charge in [0.25, 0.3) is 0 Å². The number of aromatic nitrogens is 2. The van der Waals surface area contributed by atoms with Crippen LogP contribution in [0, 0.1) is 0 Å². The zero-order valence-corrected chi connectivity index (χ0v) is 10.1. The predicted octanol–water partition coefficient (Wildman–Crippen LogP) is 2.66. The van der Waals surface area contributed by atoms with Gasteiger partial charge in [-0.3, -0.25) is 0 Å². The molecule has 1 unspecified atom stereocenters. The number of aryl methyl sites for hydroxylation is 1. The van der Waals surface area contributed by atoms with Gasteiger partial charge >= 0.3 is 0 Å². The second-order valence-corrected chi connectivity index (χ2v) is 4.47. The van der Waals surface area contributed by atoms with E-state index in [0.29, 0.717) is 5.69 Å². The second-order valence-electron chi connectivity index (χ2n) is 4.47. The summed E-state index contributed by atoms with van der Waals surface area (Å²) in [5.41, 5.74) is 1.54. The van der Waals surface area contributed by atoms with Gasteiger partial charge in [0.05, 0.1) is 12.0 Å². The summed E-state index contributed by atoms with van der Waals surface area (Å²) in [5, 5.41) is 12.6. The molecule has 0 saturated carbocycles. The van der Waals surface area contributed by atoms with E-state index in [1.165, 1.54) is 5.39 Å². The standard InChI is InChI=1S/C15H14N2O/c1-17-9-14(16-10-17)15(18)13-7-6-11-4-2-3-5-12(11)8-13/h2-10,15,18H,1H3. The van der Waals surface area contributed by atoms with E-state index in [2.05, 4.69) is 11.1 Å². The number of hydrogen-bond acceptors (Lipinski definition) is 2. The van der Waals surface area contributed by atoms with E-state index in [9.17, 15) is 5.11 Å². The van der Waals surface area contributed by atoms with Gasteiger partial charge in [-0.1, -0.05) is 36.4 Å². The predicted molar refractivity (Wildman–Crippen MR) is 71.2 cm³/mol. The lowest BCUT2D eigenvalue weighted by Crippen LogP contribution is -1.99. The van der Waals surface area contributed by atoms with Crippen LogP contribution in [-0.4, -0.2) is 14.7 Å². The topological polar surface area (TPSA) is 38.0 Å². The molecule has 0 fully saturated rings. The zero-order valence-electron chi connectivity index (χ0n) is 10.1. The molecule has 1 heterocycles. The Hall–Kier alpha value is -2.13. The van der Waals surface area contributed by atoms with Gasteiger partial charge in [-0.15, -0.1) is 0 Å². The van der Waals surface area contributed by atoms with Crippen molar-refractivity contribution in [3.05, 3.63) is 66.2 Å². The van der Waals surface area contributed by atoms with Crippen LogP contribution >= 0.6 is 0 Å². The van der Waals surface area contributed by atoms with Crippen molar-refractivity contribution in [1.82, 2.24) is 9.55 Å². The fourth-order valence-corrected chi connectivity index (χ4v) is 2.12. The molecule has 2 aromatic carbocycles. The third-order valence-electron chi connectivity index (χ3n) is 3.09. The molecule has 0 amide bonds. The molecule has 18 heavy (non-hydrogen) atoms. The van der Waals surface area contributed by atoms with Crippen molar-refractivity contribution >= 4 is 10.8 Å². The lowest BCUT2D eigenvalue weighted by molar-refractivity contribution is 0.216. The maximum absolute atomic E-state index is 10.3. The van der Waals surface area contributed by atoms with Crippen molar-refractivity contribution in [2.24, 2.45) is 7.05 Å². The van der Waals surface area contributed by atoms with Crippen molar-refractivity contribution < 1.29 is 5.11 Å². The number of aliphatic hydroxyl groups excluding tert-OH is 1. The van der Waals surface area contributed by atoms with E-state index >= 15 is 0 Å². The number of rotatable bonds is 2. The smallest absolute Gasteiger partial charge is 0.123 e. The van der Waals surface area contributed by atoms with Crippen LogP contribution in [0.5, 0.6) is 0 Å². The van der Waals surface area contributed by atoms with E-state index in [0.717, 1.165) is 10.9 Å². The minimum Gasteiger partial charge on any atom is -0.382 e. The van der Waals surface area contributed by atoms with Crippen LogP contribution in [0.15, 0.2) is 55.0 Å². The van der Waals surface area contributed by atoms with Crippen molar-refractivity contribution in [3.8, 4) is 0 Å². The Kier molecular flexibility index (Phi) is 2.61. The van der Waals surface area contributed by atoms with E-state index in [-0.39, 0.29) is 0 Å². The molecule has 0 radical (unpaired) electrons. The van der Waals surface area contributed by atoms with E-state index < -0.39 is 6.10 Å². The normalized spacial score (nSPS) is 12.8. The summed E-state index contributed by atoms with van der Waals surface area (Å²) < 4.78 is 1.83. The molecule has 3 heteroatoms. The molecular weight excluding hydrogens is 224 g/mol. The SMILES string of the molecule is Cn1cnc(C(O)c2ccc3ccccc3c2)c1. The van der Waals surface area contributed by atoms with Crippen LogP contribution < -0.4 is 0 Å². The highest BCUT2D eigenvalue weighted by Gasteiger charge is 2.13. The molecule has 0 aliphatic carbocycles. The third-order valence-corrected chi connectivity index (χ3v) is 3.09. The summed E-state index contributed by atoms with van der Waals surface area (Å²) in [7, 11) is 1.89. The van der Waals surface area contributed by atoms with Crippen LogP contribution in [0.25, 0.3) is 10.8 Å². The molecule has 0 aliphatic heterocycles. The van der Waals surface area contributed by atoms with Crippen molar-refractivity contribution in [2.45, 2.75) is 6.10 Å². The fourth-order valence-electron chi connectivity index (χ4n) is 2.12. The quantitative estimate of drug-likeness (QED) is 0.745. The maximum Gasteiger partial charge on any atom is 0.123 e. The summed E-state index contributed by atoms with van der Waals surface area (Å²) in [6.45, 7) is 0. The van der Waals surface area contributed by atoms with Crippen molar-refractivity contribution in [2.75, 3.05) is 0 Å². The third kappa shape index (κ3) is 1.89. The molecule has 3 nitrogen and oxygen atoms in total. The Morgan fingerprint density at radius 2 is 1.89 bits per heavy atom. The van der Waals surface area contributed by atoms with Crippen molar-refractivity contribution in [1.29, 1.82) is 0 Å². The summed E-state index contributed by atoms with van der Waals surface area (Å²) in [6.07, 6.45) is 2.86. The minimum atomic E-state index is -0.671.